The number of benzene rings is 1. The molecular weight excluding hydrogens is 327 g/mol. The number of nitrogens with one attached hydrogen (secondary N) is 3. The lowest BCUT2D eigenvalue weighted by Crippen LogP contribution is -2.48. The van der Waals surface area contributed by atoms with Crippen LogP contribution in [-0.4, -0.2) is 27.8 Å². The summed E-state index contributed by atoms with van der Waals surface area (Å²) in [7, 11) is 1.81. The molecule has 0 spiro atoms. The van der Waals surface area contributed by atoms with Gasteiger partial charge in [0.1, 0.15) is 18.5 Å². The predicted molar refractivity (Wildman–Crippen MR) is 105 cm³/mol. The van der Waals surface area contributed by atoms with Crippen molar-refractivity contribution in [2.24, 2.45) is 0 Å². The Bertz CT molecular complexity index is 1160. The van der Waals surface area contributed by atoms with Crippen molar-refractivity contribution < 1.29 is 0 Å². The minimum Gasteiger partial charge on any atom is -0.348 e. The van der Waals surface area contributed by atoms with Crippen LogP contribution in [-0.2, 0) is 5.41 Å². The van der Waals surface area contributed by atoms with Crippen molar-refractivity contribution in [3.8, 4) is 0 Å². The summed E-state index contributed by atoms with van der Waals surface area (Å²) >= 11 is 0. The van der Waals surface area contributed by atoms with E-state index in [-0.39, 0.29) is 27.2 Å². The molecule has 2 heterocycles. The van der Waals surface area contributed by atoms with Crippen molar-refractivity contribution in [3.05, 3.63) is 85.0 Å². The summed E-state index contributed by atoms with van der Waals surface area (Å²) in [5.41, 5.74) is 2.26. The molecule has 2 aromatic heterocycles. The Labute approximate surface area is 151 Å². The lowest BCUT2D eigenvalue weighted by Gasteiger charge is -2.16. The van der Waals surface area contributed by atoms with E-state index < -0.39 is 0 Å². The van der Waals surface area contributed by atoms with Gasteiger partial charge in [-0.15, -0.1) is 0 Å². The molecule has 0 radical (unpaired) electrons. The molecule has 0 aliphatic carbocycles. The topological polar surface area (TPSA) is 94.4 Å². The van der Waals surface area contributed by atoms with Crippen molar-refractivity contribution in [2.75, 3.05) is 0 Å². The maximum Gasteiger partial charge on any atom is 0.272 e. The highest BCUT2D eigenvalue weighted by Crippen LogP contribution is 2.22. The quantitative estimate of drug-likeness (QED) is 0.555. The molecule has 6 nitrogen and oxygen atoms in total. The summed E-state index contributed by atoms with van der Waals surface area (Å²) in [6, 6.07) is 9.47. The average molecular weight is 348 g/mol. The molecule has 0 atom stereocenters. The fraction of sp³-hybridized carbons (Fsp3) is 0.211. The molecule has 1 aromatic carbocycles. The van der Waals surface area contributed by atoms with Crippen LogP contribution in [0.1, 0.15) is 37.7 Å². The average Bonchev–Trinajstić information content (AvgIpc) is 3.06. The standard InChI is InChI=1S/C19H21BN4O2/c1-19(2,3)16-12(21-10-22-16)9-13-17(25)24-15(18(26)23-13)14(20)11-7-5-4-6-8-11/h4-10H,20H2,1-3H3,(H,21,22)(H,23,26)(H,24,25)/b13-9-,15-14+. The zero-order valence-electron chi connectivity index (χ0n) is 15.3. The van der Waals surface area contributed by atoms with Gasteiger partial charge in [-0.05, 0) is 11.6 Å². The van der Waals surface area contributed by atoms with Gasteiger partial charge in [-0.1, -0.05) is 56.6 Å². The Balaban J connectivity index is 2.21. The predicted octanol–water partition coefficient (Wildman–Crippen LogP) is -0.298. The van der Waals surface area contributed by atoms with Gasteiger partial charge >= 0.3 is 0 Å². The molecule has 0 aliphatic rings. The van der Waals surface area contributed by atoms with Crippen LogP contribution < -0.4 is 21.8 Å². The molecule has 0 bridgehead atoms. The first kappa shape index (κ1) is 17.7. The van der Waals surface area contributed by atoms with Gasteiger partial charge in [0, 0.05) is 11.1 Å². The van der Waals surface area contributed by atoms with E-state index in [0.717, 1.165) is 11.3 Å². The van der Waals surface area contributed by atoms with E-state index in [2.05, 4.69) is 19.9 Å². The molecule has 132 valence electrons. The van der Waals surface area contributed by atoms with E-state index in [1.54, 1.807) is 12.4 Å². The fourth-order valence-electron chi connectivity index (χ4n) is 2.83. The van der Waals surface area contributed by atoms with Crippen LogP contribution in [0.4, 0.5) is 0 Å². The monoisotopic (exact) mass is 348 g/mol. The second kappa shape index (κ2) is 6.67. The van der Waals surface area contributed by atoms with E-state index >= 15 is 0 Å². The minimum atomic E-state index is -0.363. The highest BCUT2D eigenvalue weighted by Gasteiger charge is 2.19. The maximum absolute atomic E-state index is 12.5. The van der Waals surface area contributed by atoms with Crippen molar-refractivity contribution in [1.82, 2.24) is 19.9 Å². The van der Waals surface area contributed by atoms with Gasteiger partial charge in [0.15, 0.2) is 0 Å². The number of hydrogen-bond donors (Lipinski definition) is 3. The lowest BCUT2D eigenvalue weighted by atomic mass is 9.88. The van der Waals surface area contributed by atoms with Gasteiger partial charge in [-0.3, -0.25) is 9.59 Å². The van der Waals surface area contributed by atoms with E-state index in [0.29, 0.717) is 11.2 Å². The van der Waals surface area contributed by atoms with Gasteiger partial charge in [-0.25, -0.2) is 4.98 Å². The molecule has 0 amide bonds. The first-order valence-electron chi connectivity index (χ1n) is 8.42. The Kier molecular flexibility index (Phi) is 4.55. The molecular formula is C19H21BN4O2. The van der Waals surface area contributed by atoms with Crippen LogP contribution in [0.15, 0.2) is 46.2 Å². The number of hydrogen-bond acceptors (Lipinski definition) is 3. The Morgan fingerprint density at radius 2 is 1.77 bits per heavy atom. The summed E-state index contributed by atoms with van der Waals surface area (Å²) in [5.74, 6) is 0. The number of nitrogens with zero attached hydrogens (tertiary/aromatic N) is 1. The van der Waals surface area contributed by atoms with Crippen LogP contribution in [0.25, 0.3) is 11.5 Å². The van der Waals surface area contributed by atoms with Gasteiger partial charge < -0.3 is 15.0 Å². The van der Waals surface area contributed by atoms with Gasteiger partial charge in [0.05, 0.1) is 12.0 Å². The van der Waals surface area contributed by atoms with E-state index in [1.165, 1.54) is 0 Å². The Hall–Kier alpha value is -3.09. The molecule has 3 aromatic rings. The van der Waals surface area contributed by atoms with Crippen LogP contribution in [0, 0.1) is 0 Å². The molecule has 0 saturated heterocycles. The van der Waals surface area contributed by atoms with E-state index in [9.17, 15) is 9.59 Å². The van der Waals surface area contributed by atoms with Gasteiger partial charge in [0.2, 0.25) is 0 Å². The smallest absolute Gasteiger partial charge is 0.272 e. The summed E-state index contributed by atoms with van der Waals surface area (Å²) in [6.45, 7) is 6.14. The van der Waals surface area contributed by atoms with Crippen molar-refractivity contribution in [1.29, 1.82) is 0 Å². The van der Waals surface area contributed by atoms with E-state index in [4.69, 9.17) is 0 Å². The zero-order valence-corrected chi connectivity index (χ0v) is 15.3. The number of imidazole rings is 1. The highest BCUT2D eigenvalue weighted by atomic mass is 16.1. The largest absolute Gasteiger partial charge is 0.348 e. The summed E-state index contributed by atoms with van der Waals surface area (Å²) in [4.78, 5) is 37.8. The van der Waals surface area contributed by atoms with Gasteiger partial charge in [-0.2, -0.15) is 0 Å². The lowest BCUT2D eigenvalue weighted by molar-refractivity contribution is 0.571. The van der Waals surface area contributed by atoms with Crippen LogP contribution in [0.3, 0.4) is 0 Å². The Morgan fingerprint density at radius 1 is 1.08 bits per heavy atom. The SMILES string of the molecule is B/C(c1ccccc1)=c1/[nH]c(=O)/c(=C/c2nc[nH]c2C(C)(C)C)[nH]c1=O. The third-order valence-corrected chi connectivity index (χ3v) is 4.24. The second-order valence-corrected chi connectivity index (χ2v) is 7.25. The molecule has 3 N–H and O–H groups in total. The number of aromatic amines is 3. The van der Waals surface area contributed by atoms with Gasteiger partial charge in [0.25, 0.3) is 11.1 Å². The molecule has 0 aliphatic heterocycles. The summed E-state index contributed by atoms with van der Waals surface area (Å²) in [6.07, 6.45) is 3.18. The molecule has 7 heteroatoms. The molecule has 0 unspecified atom stereocenters. The third-order valence-electron chi connectivity index (χ3n) is 4.24. The van der Waals surface area contributed by atoms with Crippen LogP contribution >= 0.6 is 0 Å². The number of rotatable bonds is 2. The summed E-state index contributed by atoms with van der Waals surface area (Å²) in [5, 5.41) is 0.439. The third kappa shape index (κ3) is 3.47. The van der Waals surface area contributed by atoms with Crippen molar-refractivity contribution in [2.45, 2.75) is 26.2 Å². The second-order valence-electron chi connectivity index (χ2n) is 7.25. The van der Waals surface area contributed by atoms with Crippen LogP contribution in [0.2, 0.25) is 0 Å². The van der Waals surface area contributed by atoms with Crippen molar-refractivity contribution >= 4 is 19.4 Å². The molecule has 0 saturated carbocycles. The minimum absolute atomic E-state index is 0.160. The number of H-pyrrole nitrogens is 3. The maximum atomic E-state index is 12.5. The zero-order chi connectivity index (χ0) is 18.9. The summed E-state index contributed by atoms with van der Waals surface area (Å²) < 4.78 is 0. The van der Waals surface area contributed by atoms with Crippen LogP contribution in [0.5, 0.6) is 0 Å². The first-order valence-corrected chi connectivity index (χ1v) is 8.42. The Morgan fingerprint density at radius 3 is 2.42 bits per heavy atom. The van der Waals surface area contributed by atoms with E-state index in [1.807, 2.05) is 58.9 Å². The first-order chi connectivity index (χ1) is 12.3. The molecule has 0 fully saturated rings. The fourth-order valence-corrected chi connectivity index (χ4v) is 2.83. The molecule has 3 rings (SSSR count). The molecule has 26 heavy (non-hydrogen) atoms. The van der Waals surface area contributed by atoms with Crippen molar-refractivity contribution in [3.63, 3.8) is 0 Å². The normalized spacial score (nSPS) is 13.7. The highest BCUT2D eigenvalue weighted by molar-refractivity contribution is 6.41. The number of aromatic nitrogens is 4.